The molecule has 1 aromatic rings. The van der Waals surface area contributed by atoms with Crippen LogP contribution in [0.15, 0.2) is 18.3 Å². The number of aliphatic hydroxyl groups excluding tert-OH is 1. The number of hydrogen-bond donors (Lipinski definition) is 2. The number of methoxy groups -OCH3 is 1. The molecule has 0 saturated carbocycles. The smallest absolute Gasteiger partial charge is 0.336 e. The average molecular weight is 254 g/mol. The first-order chi connectivity index (χ1) is 8.47. The second kappa shape index (κ2) is 6.20. The predicted octanol–water partition coefficient (Wildman–Crippen LogP) is 0.333. The van der Waals surface area contributed by atoms with E-state index in [-0.39, 0.29) is 18.5 Å². The van der Waals surface area contributed by atoms with Gasteiger partial charge in [0.05, 0.1) is 13.7 Å². The van der Waals surface area contributed by atoms with E-state index in [1.807, 2.05) is 13.8 Å². The molecule has 0 fully saturated rings. The van der Waals surface area contributed by atoms with E-state index in [0.717, 1.165) is 0 Å². The molecule has 0 saturated heterocycles. The molecule has 0 spiro atoms. The molecule has 0 aliphatic carbocycles. The van der Waals surface area contributed by atoms with Gasteiger partial charge >= 0.3 is 5.97 Å². The van der Waals surface area contributed by atoms with Crippen molar-refractivity contribution in [2.45, 2.75) is 26.0 Å². The Morgan fingerprint density at radius 2 is 2.17 bits per heavy atom. The lowest BCUT2D eigenvalue weighted by Gasteiger charge is -2.14. The van der Waals surface area contributed by atoms with Gasteiger partial charge in [-0.3, -0.25) is 4.79 Å². The van der Waals surface area contributed by atoms with Gasteiger partial charge in [-0.1, -0.05) is 0 Å². The lowest BCUT2D eigenvalue weighted by Crippen LogP contribution is -2.38. The molecule has 0 aliphatic heterocycles. The molecule has 1 heterocycles. The van der Waals surface area contributed by atoms with Crippen LogP contribution in [-0.2, 0) is 9.53 Å². The van der Waals surface area contributed by atoms with Crippen molar-refractivity contribution in [3.63, 3.8) is 0 Å². The van der Waals surface area contributed by atoms with E-state index in [4.69, 9.17) is 0 Å². The molecule has 1 rings (SSSR count). The summed E-state index contributed by atoms with van der Waals surface area (Å²) in [5.41, 5.74) is 0.488. The van der Waals surface area contributed by atoms with Gasteiger partial charge in [0, 0.05) is 12.2 Å². The zero-order valence-corrected chi connectivity index (χ0v) is 10.7. The van der Waals surface area contributed by atoms with Crippen LogP contribution in [0, 0.1) is 0 Å². The number of hydrogen-bond acceptors (Lipinski definition) is 4. The standard InChI is InChI=1S/C12H18N2O4/c1-8(2)14-6-4-5-9(14)11(16)13-7-10(15)12(17)18-3/h4-6,8,10,15H,7H2,1-3H3,(H,13,16). The molecule has 2 N–H and O–H groups in total. The number of nitrogens with one attached hydrogen (secondary N) is 1. The fraction of sp³-hybridized carbons (Fsp3) is 0.500. The normalized spacial score (nSPS) is 12.3. The van der Waals surface area contributed by atoms with Crippen molar-refractivity contribution in [3.8, 4) is 0 Å². The molecule has 0 bridgehead atoms. The predicted molar refractivity (Wildman–Crippen MR) is 65.2 cm³/mol. The van der Waals surface area contributed by atoms with Crippen molar-refractivity contribution < 1.29 is 19.4 Å². The highest BCUT2D eigenvalue weighted by Crippen LogP contribution is 2.10. The van der Waals surface area contributed by atoms with Gasteiger partial charge in [-0.05, 0) is 26.0 Å². The van der Waals surface area contributed by atoms with Gasteiger partial charge in [-0.25, -0.2) is 4.79 Å². The Morgan fingerprint density at radius 3 is 2.72 bits per heavy atom. The molecule has 1 atom stereocenters. The van der Waals surface area contributed by atoms with E-state index in [0.29, 0.717) is 5.69 Å². The number of ether oxygens (including phenoxy) is 1. The Labute approximate surface area is 106 Å². The highest BCUT2D eigenvalue weighted by atomic mass is 16.5. The van der Waals surface area contributed by atoms with Gasteiger partial charge in [-0.15, -0.1) is 0 Å². The summed E-state index contributed by atoms with van der Waals surface area (Å²) in [6.07, 6.45) is 0.456. The molecule has 1 aromatic heterocycles. The summed E-state index contributed by atoms with van der Waals surface area (Å²) in [6, 6.07) is 3.61. The van der Waals surface area contributed by atoms with E-state index in [2.05, 4.69) is 10.1 Å². The Kier molecular flexibility index (Phi) is 4.91. The molecule has 100 valence electrons. The molecule has 18 heavy (non-hydrogen) atoms. The highest BCUT2D eigenvalue weighted by molar-refractivity contribution is 5.93. The molecule has 1 unspecified atom stereocenters. The summed E-state index contributed by atoms with van der Waals surface area (Å²) in [5.74, 6) is -1.11. The monoisotopic (exact) mass is 254 g/mol. The number of carbonyl (C=O) groups is 2. The second-order valence-electron chi connectivity index (χ2n) is 4.14. The summed E-state index contributed by atoms with van der Waals surface area (Å²) in [5, 5.41) is 11.8. The van der Waals surface area contributed by atoms with Crippen molar-refractivity contribution in [2.24, 2.45) is 0 Å². The van der Waals surface area contributed by atoms with Gasteiger partial charge in [0.25, 0.3) is 5.91 Å². The average Bonchev–Trinajstić information content (AvgIpc) is 2.83. The van der Waals surface area contributed by atoms with E-state index >= 15 is 0 Å². The second-order valence-corrected chi connectivity index (χ2v) is 4.14. The third-order valence-electron chi connectivity index (χ3n) is 2.50. The fourth-order valence-electron chi connectivity index (χ4n) is 1.54. The minimum atomic E-state index is -1.35. The largest absolute Gasteiger partial charge is 0.467 e. The maximum Gasteiger partial charge on any atom is 0.336 e. The third-order valence-corrected chi connectivity index (χ3v) is 2.50. The molecule has 6 nitrogen and oxygen atoms in total. The van der Waals surface area contributed by atoms with Crippen LogP contribution in [0.1, 0.15) is 30.4 Å². The van der Waals surface area contributed by atoms with Crippen LogP contribution in [0.25, 0.3) is 0 Å². The number of aliphatic hydroxyl groups is 1. The molecule has 6 heteroatoms. The zero-order chi connectivity index (χ0) is 13.7. The van der Waals surface area contributed by atoms with Crippen molar-refractivity contribution in [1.82, 2.24) is 9.88 Å². The van der Waals surface area contributed by atoms with Gasteiger partial charge < -0.3 is 19.7 Å². The lowest BCUT2D eigenvalue weighted by atomic mass is 10.3. The Bertz CT molecular complexity index is 425. The number of esters is 1. The van der Waals surface area contributed by atoms with Crippen LogP contribution >= 0.6 is 0 Å². The SMILES string of the molecule is COC(=O)C(O)CNC(=O)c1cccn1C(C)C. The van der Waals surface area contributed by atoms with Crippen LogP contribution in [0.4, 0.5) is 0 Å². The van der Waals surface area contributed by atoms with Gasteiger partial charge in [0.1, 0.15) is 5.69 Å². The maximum absolute atomic E-state index is 11.9. The van der Waals surface area contributed by atoms with Crippen LogP contribution in [0.3, 0.4) is 0 Å². The quantitative estimate of drug-likeness (QED) is 0.742. The number of aromatic nitrogens is 1. The van der Waals surface area contributed by atoms with Crippen LogP contribution in [0.5, 0.6) is 0 Å². The van der Waals surface area contributed by atoms with E-state index < -0.39 is 12.1 Å². The lowest BCUT2D eigenvalue weighted by molar-refractivity contribution is -0.149. The Morgan fingerprint density at radius 1 is 1.50 bits per heavy atom. The van der Waals surface area contributed by atoms with Gasteiger partial charge in [0.2, 0.25) is 0 Å². The zero-order valence-electron chi connectivity index (χ0n) is 10.7. The molecular weight excluding hydrogens is 236 g/mol. The van der Waals surface area contributed by atoms with E-state index in [1.54, 1.807) is 22.9 Å². The fourth-order valence-corrected chi connectivity index (χ4v) is 1.54. The molecule has 0 aliphatic rings. The van der Waals surface area contributed by atoms with Crippen molar-refractivity contribution in [3.05, 3.63) is 24.0 Å². The molecule has 1 amide bonds. The summed E-state index contributed by atoms with van der Waals surface area (Å²) in [7, 11) is 1.18. The summed E-state index contributed by atoms with van der Waals surface area (Å²) < 4.78 is 6.16. The third kappa shape index (κ3) is 3.33. The van der Waals surface area contributed by atoms with Gasteiger partial charge in [0.15, 0.2) is 6.10 Å². The summed E-state index contributed by atoms with van der Waals surface area (Å²) in [4.78, 5) is 22.8. The van der Waals surface area contributed by atoms with Crippen LogP contribution in [0.2, 0.25) is 0 Å². The maximum atomic E-state index is 11.9. The first-order valence-electron chi connectivity index (χ1n) is 5.68. The molecule has 0 radical (unpaired) electrons. The number of carbonyl (C=O) groups excluding carboxylic acids is 2. The van der Waals surface area contributed by atoms with E-state index in [1.165, 1.54) is 7.11 Å². The molecular formula is C12H18N2O4. The summed E-state index contributed by atoms with van der Waals surface area (Å²) >= 11 is 0. The number of rotatable bonds is 5. The van der Waals surface area contributed by atoms with Gasteiger partial charge in [-0.2, -0.15) is 0 Å². The minimum absolute atomic E-state index is 0.159. The first kappa shape index (κ1) is 14.2. The highest BCUT2D eigenvalue weighted by Gasteiger charge is 2.18. The minimum Gasteiger partial charge on any atom is -0.467 e. The topological polar surface area (TPSA) is 80.6 Å². The van der Waals surface area contributed by atoms with E-state index in [9.17, 15) is 14.7 Å². The number of amides is 1. The van der Waals surface area contributed by atoms with Crippen molar-refractivity contribution >= 4 is 11.9 Å². The number of nitrogens with zero attached hydrogens (tertiary/aromatic N) is 1. The first-order valence-corrected chi connectivity index (χ1v) is 5.68. The van der Waals surface area contributed by atoms with Crippen LogP contribution in [-0.4, -0.2) is 41.3 Å². The van der Waals surface area contributed by atoms with Crippen LogP contribution < -0.4 is 5.32 Å². The van der Waals surface area contributed by atoms with Crippen molar-refractivity contribution in [1.29, 1.82) is 0 Å². The molecule has 0 aromatic carbocycles. The summed E-state index contributed by atoms with van der Waals surface area (Å²) in [6.45, 7) is 3.74. The Hall–Kier alpha value is -1.82. The van der Waals surface area contributed by atoms with Crippen molar-refractivity contribution in [2.75, 3.05) is 13.7 Å². The Balaban J connectivity index is 2.61.